The standard InChI is InChI=1S/C18H37N3Si/c1-16(2)12-22(13-17(3)4,14-18(5)6)21-11-10-20(15-21)9-7-8-19/h16-18H,7,9-15H2,1-6H3. The van der Waals surface area contributed by atoms with E-state index < -0.39 is 8.24 Å². The molecule has 0 aromatic carbocycles. The first-order chi connectivity index (χ1) is 10.3. The largest absolute Gasteiger partial charge is 0.310 e. The zero-order chi connectivity index (χ0) is 16.8. The zero-order valence-electron chi connectivity index (χ0n) is 15.7. The van der Waals surface area contributed by atoms with Gasteiger partial charge >= 0.3 is 0 Å². The van der Waals surface area contributed by atoms with Gasteiger partial charge in [0.25, 0.3) is 0 Å². The third-order valence-corrected chi connectivity index (χ3v) is 11.1. The second-order valence-electron chi connectivity index (χ2n) is 8.45. The van der Waals surface area contributed by atoms with Gasteiger partial charge in [-0.1, -0.05) is 41.5 Å². The van der Waals surface area contributed by atoms with Crippen LogP contribution in [0, 0.1) is 29.1 Å². The maximum atomic E-state index is 8.83. The van der Waals surface area contributed by atoms with Crippen molar-refractivity contribution >= 4 is 8.24 Å². The van der Waals surface area contributed by atoms with Crippen LogP contribution in [-0.4, -0.2) is 44.0 Å². The second-order valence-corrected chi connectivity index (χ2v) is 12.8. The van der Waals surface area contributed by atoms with E-state index in [1.807, 2.05) is 0 Å². The molecule has 0 atom stereocenters. The summed E-state index contributed by atoms with van der Waals surface area (Å²) in [5.74, 6) is 2.37. The number of hydrogen-bond acceptors (Lipinski definition) is 3. The van der Waals surface area contributed by atoms with E-state index in [9.17, 15) is 0 Å². The van der Waals surface area contributed by atoms with Crippen molar-refractivity contribution in [3.63, 3.8) is 0 Å². The van der Waals surface area contributed by atoms with Gasteiger partial charge in [-0.3, -0.25) is 4.90 Å². The Labute approximate surface area is 139 Å². The van der Waals surface area contributed by atoms with Gasteiger partial charge in [0.1, 0.15) is 8.24 Å². The van der Waals surface area contributed by atoms with E-state index in [1.165, 1.54) is 24.7 Å². The minimum absolute atomic E-state index is 0.668. The van der Waals surface area contributed by atoms with Crippen LogP contribution in [0.25, 0.3) is 0 Å². The summed E-state index contributed by atoms with van der Waals surface area (Å²) in [6, 6.07) is 6.57. The molecule has 0 N–H and O–H groups in total. The van der Waals surface area contributed by atoms with Crippen LogP contribution in [0.5, 0.6) is 0 Å². The molecule has 128 valence electrons. The molecule has 4 heteroatoms. The normalized spacial score (nSPS) is 17.8. The summed E-state index contributed by atoms with van der Waals surface area (Å²) in [6.07, 6.45) is 0.668. The molecule has 1 heterocycles. The van der Waals surface area contributed by atoms with Crippen molar-refractivity contribution < 1.29 is 0 Å². The Morgan fingerprint density at radius 2 is 1.41 bits per heavy atom. The molecule has 0 unspecified atom stereocenters. The highest BCUT2D eigenvalue weighted by molar-refractivity contribution is 6.77. The fourth-order valence-electron chi connectivity index (χ4n) is 4.34. The molecule has 0 radical (unpaired) electrons. The molecule has 1 aliphatic heterocycles. The molecule has 0 aromatic rings. The first-order valence-electron chi connectivity index (χ1n) is 9.13. The van der Waals surface area contributed by atoms with Gasteiger partial charge in [-0.2, -0.15) is 5.26 Å². The van der Waals surface area contributed by atoms with Gasteiger partial charge in [0, 0.05) is 32.7 Å². The molecule has 0 spiro atoms. The van der Waals surface area contributed by atoms with Crippen molar-refractivity contribution in [1.82, 2.24) is 9.47 Å². The fourth-order valence-corrected chi connectivity index (χ4v) is 11.2. The van der Waals surface area contributed by atoms with Crippen LogP contribution in [0.2, 0.25) is 18.1 Å². The average Bonchev–Trinajstić information content (AvgIpc) is 2.82. The van der Waals surface area contributed by atoms with E-state index in [0.717, 1.165) is 37.5 Å². The summed E-state index contributed by atoms with van der Waals surface area (Å²) in [5, 5.41) is 8.83. The summed E-state index contributed by atoms with van der Waals surface area (Å²) in [5.41, 5.74) is 0. The number of hydrogen-bond donors (Lipinski definition) is 0. The average molecular weight is 324 g/mol. The molecule has 1 rings (SSSR count). The lowest BCUT2D eigenvalue weighted by atomic mass is 10.2. The van der Waals surface area contributed by atoms with Gasteiger partial charge in [0.2, 0.25) is 0 Å². The maximum Gasteiger partial charge on any atom is 0.130 e. The third-order valence-electron chi connectivity index (χ3n) is 4.63. The van der Waals surface area contributed by atoms with Gasteiger partial charge in [-0.05, 0) is 35.9 Å². The molecule has 22 heavy (non-hydrogen) atoms. The molecule has 1 aliphatic rings. The molecule has 0 saturated carbocycles. The lowest BCUT2D eigenvalue weighted by molar-refractivity contribution is 0.302. The maximum absolute atomic E-state index is 8.83. The molecular formula is C18H37N3Si. The zero-order valence-corrected chi connectivity index (χ0v) is 16.7. The van der Waals surface area contributed by atoms with Crippen LogP contribution >= 0.6 is 0 Å². The minimum atomic E-state index is -1.42. The first-order valence-corrected chi connectivity index (χ1v) is 11.7. The summed E-state index contributed by atoms with van der Waals surface area (Å²) in [6.45, 7) is 18.8. The summed E-state index contributed by atoms with van der Waals surface area (Å²) in [4.78, 5) is 2.49. The predicted molar refractivity (Wildman–Crippen MR) is 98.1 cm³/mol. The Morgan fingerprint density at radius 3 is 1.82 bits per heavy atom. The molecule has 3 nitrogen and oxygen atoms in total. The third kappa shape index (κ3) is 6.02. The van der Waals surface area contributed by atoms with Gasteiger partial charge in [-0.25, -0.2) is 0 Å². The number of nitriles is 1. The predicted octanol–water partition coefficient (Wildman–Crippen LogP) is 4.39. The van der Waals surface area contributed by atoms with E-state index in [2.05, 4.69) is 57.1 Å². The van der Waals surface area contributed by atoms with Gasteiger partial charge < -0.3 is 4.57 Å². The van der Waals surface area contributed by atoms with Crippen LogP contribution in [-0.2, 0) is 0 Å². The van der Waals surface area contributed by atoms with Crippen molar-refractivity contribution in [2.75, 3.05) is 26.3 Å². The summed E-state index contributed by atoms with van der Waals surface area (Å²) < 4.78 is 2.88. The molecule has 0 bridgehead atoms. The van der Waals surface area contributed by atoms with E-state index in [0.29, 0.717) is 6.42 Å². The van der Waals surface area contributed by atoms with Crippen molar-refractivity contribution in [3.05, 3.63) is 0 Å². The Balaban J connectivity index is 2.89. The van der Waals surface area contributed by atoms with Crippen molar-refractivity contribution in [2.45, 2.75) is 66.1 Å². The number of rotatable bonds is 9. The molecule has 1 fully saturated rings. The van der Waals surface area contributed by atoms with E-state index >= 15 is 0 Å². The molecule has 0 aliphatic carbocycles. The quantitative estimate of drug-likeness (QED) is 0.590. The fraction of sp³-hybridized carbons (Fsp3) is 0.944. The topological polar surface area (TPSA) is 30.3 Å². The molecule has 0 aromatic heterocycles. The van der Waals surface area contributed by atoms with Crippen LogP contribution < -0.4 is 0 Å². The number of nitrogens with zero attached hydrogens (tertiary/aromatic N) is 3. The Kier molecular flexibility index (Phi) is 8.09. The van der Waals surface area contributed by atoms with Crippen molar-refractivity contribution in [1.29, 1.82) is 5.26 Å². The second kappa shape index (κ2) is 9.05. The Bertz CT molecular complexity index is 333. The van der Waals surface area contributed by atoms with Gasteiger partial charge in [-0.15, -0.1) is 0 Å². The first kappa shape index (κ1) is 19.7. The van der Waals surface area contributed by atoms with Crippen molar-refractivity contribution in [3.8, 4) is 6.07 Å². The Hall–Kier alpha value is -0.373. The summed E-state index contributed by atoms with van der Waals surface area (Å²) >= 11 is 0. The SMILES string of the molecule is CC(C)C[Si](CC(C)C)(CC(C)C)N1CCN(CCC#N)C1. The van der Waals surface area contributed by atoms with E-state index in [4.69, 9.17) is 5.26 Å². The van der Waals surface area contributed by atoms with Gasteiger partial charge in [0.15, 0.2) is 0 Å². The van der Waals surface area contributed by atoms with Gasteiger partial charge in [0.05, 0.1) is 6.07 Å². The monoisotopic (exact) mass is 323 g/mol. The molecule has 1 saturated heterocycles. The molecular weight excluding hydrogens is 286 g/mol. The molecule has 0 amide bonds. The van der Waals surface area contributed by atoms with E-state index in [1.54, 1.807) is 0 Å². The highest BCUT2D eigenvalue weighted by atomic mass is 28.3. The lowest BCUT2D eigenvalue weighted by Gasteiger charge is -2.43. The highest BCUT2D eigenvalue weighted by Gasteiger charge is 2.43. The van der Waals surface area contributed by atoms with Crippen LogP contribution in [0.1, 0.15) is 48.0 Å². The Morgan fingerprint density at radius 1 is 0.909 bits per heavy atom. The highest BCUT2D eigenvalue weighted by Crippen LogP contribution is 2.36. The lowest BCUT2D eigenvalue weighted by Crippen LogP contribution is -2.55. The van der Waals surface area contributed by atoms with Crippen LogP contribution in [0.3, 0.4) is 0 Å². The van der Waals surface area contributed by atoms with Crippen LogP contribution in [0.4, 0.5) is 0 Å². The minimum Gasteiger partial charge on any atom is -0.310 e. The van der Waals surface area contributed by atoms with Crippen LogP contribution in [0.15, 0.2) is 0 Å². The van der Waals surface area contributed by atoms with Crippen molar-refractivity contribution in [2.24, 2.45) is 17.8 Å². The summed E-state index contributed by atoms with van der Waals surface area (Å²) in [7, 11) is -1.42. The smallest absolute Gasteiger partial charge is 0.130 e. The van der Waals surface area contributed by atoms with E-state index in [-0.39, 0.29) is 0 Å².